The summed E-state index contributed by atoms with van der Waals surface area (Å²) in [5.74, 6) is 0.128. The molecule has 3 aliphatic rings. The number of piperidine rings is 1. The highest BCUT2D eigenvalue weighted by molar-refractivity contribution is 5.93. The van der Waals surface area contributed by atoms with E-state index in [0.29, 0.717) is 13.2 Å². The van der Waals surface area contributed by atoms with Gasteiger partial charge in [0.15, 0.2) is 6.29 Å². The largest absolute Gasteiger partial charge is 0.392 e. The number of amides is 1. The molecule has 0 aliphatic carbocycles. The number of nitrogens with one attached hydrogen (secondary N) is 1. The number of nitrogens with two attached hydrogens (primary N) is 1. The molecule has 3 atom stereocenters. The SMILES string of the molecule is NCc1cccc(-c2ccc([C@H]3O[C@@H](CN4CCC5(CC4)C(=O)NCN5c4ccccc4)C[C@@H](c4ccc(CO)cc4)O3)cc2)c1. The molecule has 3 fully saturated rings. The predicted molar refractivity (Wildman–Crippen MR) is 179 cm³/mol. The maximum atomic E-state index is 13.2. The summed E-state index contributed by atoms with van der Waals surface area (Å²) >= 11 is 0. The van der Waals surface area contributed by atoms with Crippen molar-refractivity contribution in [2.75, 3.05) is 31.2 Å². The van der Waals surface area contributed by atoms with Crippen LogP contribution in [0.3, 0.4) is 0 Å². The van der Waals surface area contributed by atoms with Gasteiger partial charge in [0.1, 0.15) is 5.54 Å². The van der Waals surface area contributed by atoms with Crippen molar-refractivity contribution in [1.29, 1.82) is 0 Å². The van der Waals surface area contributed by atoms with Crippen LogP contribution in [0.2, 0.25) is 0 Å². The molecule has 0 saturated carbocycles. The fraction of sp³-hybridized carbons (Fsp3) is 0.342. The molecule has 3 aliphatic heterocycles. The van der Waals surface area contributed by atoms with Crippen molar-refractivity contribution in [3.8, 4) is 11.1 Å². The van der Waals surface area contributed by atoms with E-state index in [4.69, 9.17) is 15.2 Å². The lowest BCUT2D eigenvalue weighted by Crippen LogP contribution is -2.57. The summed E-state index contributed by atoms with van der Waals surface area (Å²) in [4.78, 5) is 17.9. The van der Waals surface area contributed by atoms with E-state index in [1.165, 1.54) is 0 Å². The normalized spacial score (nSPS) is 23.0. The molecule has 3 saturated heterocycles. The predicted octanol–water partition coefficient (Wildman–Crippen LogP) is 5.28. The van der Waals surface area contributed by atoms with Gasteiger partial charge in [-0.25, -0.2) is 0 Å². The van der Waals surface area contributed by atoms with Gasteiger partial charge in [0, 0.05) is 43.9 Å². The van der Waals surface area contributed by atoms with Gasteiger partial charge in [-0.1, -0.05) is 84.9 Å². The van der Waals surface area contributed by atoms with Crippen molar-refractivity contribution in [2.24, 2.45) is 5.73 Å². The molecule has 4 N–H and O–H groups in total. The highest BCUT2D eigenvalue weighted by Crippen LogP contribution is 2.40. The molecule has 8 heteroatoms. The highest BCUT2D eigenvalue weighted by Gasteiger charge is 2.50. The average Bonchev–Trinajstić information content (AvgIpc) is 3.44. The quantitative estimate of drug-likeness (QED) is 0.247. The fourth-order valence-corrected chi connectivity index (χ4v) is 7.17. The lowest BCUT2D eigenvalue weighted by Gasteiger charge is -2.45. The molecular formula is C38H42N4O4. The van der Waals surface area contributed by atoms with E-state index >= 15 is 0 Å². The molecule has 7 rings (SSSR count). The van der Waals surface area contributed by atoms with Gasteiger partial charge < -0.3 is 35.4 Å². The second kappa shape index (κ2) is 13.4. The Morgan fingerprint density at radius 3 is 2.28 bits per heavy atom. The second-order valence-corrected chi connectivity index (χ2v) is 12.6. The van der Waals surface area contributed by atoms with Crippen LogP contribution in [0.25, 0.3) is 11.1 Å². The number of carbonyl (C=O) groups excluding carboxylic acids is 1. The Kier molecular flexibility index (Phi) is 8.88. The number of hydrogen-bond donors (Lipinski definition) is 3. The molecule has 3 heterocycles. The number of hydrogen-bond acceptors (Lipinski definition) is 7. The lowest BCUT2D eigenvalue weighted by atomic mass is 9.85. The molecule has 1 amide bonds. The van der Waals surface area contributed by atoms with Gasteiger partial charge in [-0.2, -0.15) is 0 Å². The first kappa shape index (κ1) is 30.6. The third-order valence-corrected chi connectivity index (χ3v) is 9.84. The summed E-state index contributed by atoms with van der Waals surface area (Å²) < 4.78 is 13.3. The van der Waals surface area contributed by atoms with E-state index in [2.05, 4.69) is 63.6 Å². The van der Waals surface area contributed by atoms with E-state index in [1.807, 2.05) is 54.6 Å². The van der Waals surface area contributed by atoms with Crippen LogP contribution in [-0.4, -0.2) is 53.9 Å². The average molecular weight is 619 g/mol. The van der Waals surface area contributed by atoms with Crippen LogP contribution < -0.4 is 16.0 Å². The van der Waals surface area contributed by atoms with Crippen molar-refractivity contribution in [2.45, 2.75) is 56.5 Å². The molecule has 8 nitrogen and oxygen atoms in total. The van der Waals surface area contributed by atoms with Crippen LogP contribution in [0.5, 0.6) is 0 Å². The Labute approximate surface area is 270 Å². The summed E-state index contributed by atoms with van der Waals surface area (Å²) in [5, 5.41) is 12.7. The molecular weight excluding hydrogens is 576 g/mol. The number of para-hydroxylation sites is 1. The van der Waals surface area contributed by atoms with E-state index in [9.17, 15) is 9.90 Å². The molecule has 238 valence electrons. The fourth-order valence-electron chi connectivity index (χ4n) is 7.17. The van der Waals surface area contributed by atoms with Crippen LogP contribution in [0.15, 0.2) is 103 Å². The Hall–Kier alpha value is -4.05. The Morgan fingerprint density at radius 1 is 0.826 bits per heavy atom. The molecule has 0 bridgehead atoms. The lowest BCUT2D eigenvalue weighted by molar-refractivity contribution is -0.253. The van der Waals surface area contributed by atoms with Crippen LogP contribution in [0.1, 0.15) is 53.9 Å². The Morgan fingerprint density at radius 2 is 1.57 bits per heavy atom. The Balaban J connectivity index is 1.08. The summed E-state index contributed by atoms with van der Waals surface area (Å²) in [6, 6.07) is 34.9. The van der Waals surface area contributed by atoms with Crippen molar-refractivity contribution < 1.29 is 19.4 Å². The minimum absolute atomic E-state index is 0.0108. The van der Waals surface area contributed by atoms with Crippen molar-refractivity contribution in [3.05, 3.63) is 125 Å². The molecule has 1 spiro atoms. The smallest absolute Gasteiger partial charge is 0.247 e. The maximum absolute atomic E-state index is 13.2. The number of benzene rings is 4. The molecule has 4 aromatic rings. The van der Waals surface area contributed by atoms with E-state index in [-0.39, 0.29) is 24.7 Å². The zero-order valence-corrected chi connectivity index (χ0v) is 26.1. The van der Waals surface area contributed by atoms with E-state index < -0.39 is 11.8 Å². The molecule has 0 aromatic heterocycles. The zero-order valence-electron chi connectivity index (χ0n) is 26.1. The summed E-state index contributed by atoms with van der Waals surface area (Å²) in [6.45, 7) is 3.45. The van der Waals surface area contributed by atoms with Gasteiger partial charge in [0.2, 0.25) is 5.91 Å². The third-order valence-electron chi connectivity index (χ3n) is 9.84. The van der Waals surface area contributed by atoms with Gasteiger partial charge >= 0.3 is 0 Å². The number of carbonyl (C=O) groups is 1. The number of nitrogens with zero attached hydrogens (tertiary/aromatic N) is 2. The van der Waals surface area contributed by atoms with Crippen molar-refractivity contribution in [3.63, 3.8) is 0 Å². The number of rotatable bonds is 8. The number of aliphatic hydroxyl groups excluding tert-OH is 1. The minimum atomic E-state index is -0.518. The molecule has 0 radical (unpaired) electrons. The van der Waals surface area contributed by atoms with Crippen molar-refractivity contribution >= 4 is 11.6 Å². The molecule has 46 heavy (non-hydrogen) atoms. The van der Waals surface area contributed by atoms with Crippen LogP contribution in [-0.2, 0) is 27.4 Å². The highest BCUT2D eigenvalue weighted by atomic mass is 16.7. The van der Waals surface area contributed by atoms with Crippen LogP contribution >= 0.6 is 0 Å². The van der Waals surface area contributed by atoms with Gasteiger partial charge in [-0.15, -0.1) is 0 Å². The summed E-state index contributed by atoms with van der Waals surface area (Å²) in [7, 11) is 0. The van der Waals surface area contributed by atoms with Crippen LogP contribution in [0.4, 0.5) is 5.69 Å². The summed E-state index contributed by atoms with van der Waals surface area (Å²) in [6.07, 6.45) is 1.52. The zero-order chi connectivity index (χ0) is 31.5. The number of ether oxygens (including phenoxy) is 2. The standard InChI is InChI=1S/C38H42N4O4/c39-23-28-5-4-6-32(21-28)29-13-15-31(16-14-29)36-45-34(22-35(46-36)30-11-9-27(25-43)10-12-30)24-41-19-17-38(18-20-41)37(44)40-26-42(38)33-7-2-1-3-8-33/h1-16,21,34-36,43H,17-20,22-26,39H2,(H,40,44)/t34-,35+,36+/m1/s1. The van der Waals surface area contributed by atoms with Crippen molar-refractivity contribution in [1.82, 2.24) is 10.2 Å². The second-order valence-electron chi connectivity index (χ2n) is 12.6. The minimum Gasteiger partial charge on any atom is -0.392 e. The number of likely N-dealkylation sites (tertiary alicyclic amines) is 1. The molecule has 4 aromatic carbocycles. The Bertz CT molecular complexity index is 1620. The number of anilines is 1. The first-order valence-corrected chi connectivity index (χ1v) is 16.3. The van der Waals surface area contributed by atoms with E-state index in [0.717, 1.165) is 78.0 Å². The van der Waals surface area contributed by atoms with Gasteiger partial charge in [-0.05, 0) is 58.9 Å². The topological polar surface area (TPSA) is 100 Å². The summed E-state index contributed by atoms with van der Waals surface area (Å²) in [5.41, 5.74) is 12.7. The number of aliphatic hydroxyl groups is 1. The third kappa shape index (κ3) is 6.19. The maximum Gasteiger partial charge on any atom is 0.247 e. The van der Waals surface area contributed by atoms with E-state index in [1.54, 1.807) is 0 Å². The molecule has 0 unspecified atom stereocenters. The van der Waals surface area contributed by atoms with Gasteiger partial charge in [0.25, 0.3) is 0 Å². The monoisotopic (exact) mass is 618 g/mol. The van der Waals surface area contributed by atoms with Gasteiger partial charge in [0.05, 0.1) is 25.5 Å². The first-order chi connectivity index (χ1) is 22.5. The van der Waals surface area contributed by atoms with Crippen LogP contribution in [0, 0.1) is 0 Å². The van der Waals surface area contributed by atoms with Gasteiger partial charge in [-0.3, -0.25) is 4.79 Å². The first-order valence-electron chi connectivity index (χ1n) is 16.3.